The van der Waals surface area contributed by atoms with Crippen LogP contribution in [0, 0.1) is 17.2 Å². The van der Waals surface area contributed by atoms with E-state index in [9.17, 15) is 5.26 Å². The molecule has 1 aromatic carbocycles. The van der Waals surface area contributed by atoms with Gasteiger partial charge >= 0.3 is 0 Å². The van der Waals surface area contributed by atoms with E-state index in [-0.39, 0.29) is 5.54 Å². The van der Waals surface area contributed by atoms with Crippen molar-refractivity contribution in [3.63, 3.8) is 0 Å². The van der Waals surface area contributed by atoms with E-state index < -0.39 is 0 Å². The lowest BCUT2D eigenvalue weighted by Crippen LogP contribution is -2.54. The first-order valence-corrected chi connectivity index (χ1v) is 7.78. The van der Waals surface area contributed by atoms with Gasteiger partial charge in [-0.25, -0.2) is 0 Å². The monoisotopic (exact) mass is 269 g/mol. The summed E-state index contributed by atoms with van der Waals surface area (Å²) < 4.78 is 0. The summed E-state index contributed by atoms with van der Waals surface area (Å²) in [6, 6.07) is 11.2. The molecule has 1 saturated carbocycles. The van der Waals surface area contributed by atoms with Gasteiger partial charge in [0, 0.05) is 18.8 Å². The molecule has 2 aliphatic rings. The fraction of sp³-hybridized carbons (Fsp3) is 0.588. The van der Waals surface area contributed by atoms with Crippen LogP contribution in [0.2, 0.25) is 0 Å². The third kappa shape index (κ3) is 2.41. The molecular formula is C17H23N3. The molecule has 106 valence electrons. The largest absolute Gasteiger partial charge is 0.368 e. The number of fused-ring (bicyclic) bond motifs is 1. The van der Waals surface area contributed by atoms with E-state index >= 15 is 0 Å². The number of hydrogen-bond donors (Lipinski definition) is 1. The highest BCUT2D eigenvalue weighted by molar-refractivity contribution is 5.58. The second-order valence-corrected chi connectivity index (χ2v) is 6.08. The van der Waals surface area contributed by atoms with Gasteiger partial charge in [0.1, 0.15) is 5.54 Å². The Morgan fingerprint density at radius 2 is 2.20 bits per heavy atom. The number of hydrogen-bond acceptors (Lipinski definition) is 3. The lowest BCUT2D eigenvalue weighted by Gasteiger charge is -2.33. The van der Waals surface area contributed by atoms with Crippen molar-refractivity contribution in [1.82, 2.24) is 5.32 Å². The molecule has 1 aliphatic heterocycles. The first-order valence-electron chi connectivity index (χ1n) is 7.78. The van der Waals surface area contributed by atoms with E-state index in [1.807, 2.05) is 0 Å². The van der Waals surface area contributed by atoms with Crippen molar-refractivity contribution in [3.05, 3.63) is 29.8 Å². The van der Waals surface area contributed by atoms with Gasteiger partial charge in [-0.05, 0) is 49.8 Å². The summed E-state index contributed by atoms with van der Waals surface area (Å²) >= 11 is 0. The van der Waals surface area contributed by atoms with Crippen LogP contribution in [0.5, 0.6) is 0 Å². The molecule has 0 radical (unpaired) electrons. The standard InChI is InChI=1S/C17H23N3/c1-2-10-19-17(12-18,15-7-8-15)13-20-11-9-14-5-3-4-6-16(14)20/h3-6,15,19H,2,7-11,13H2,1H3. The predicted molar refractivity (Wildman–Crippen MR) is 81.7 cm³/mol. The van der Waals surface area contributed by atoms with Crippen molar-refractivity contribution >= 4 is 5.69 Å². The lowest BCUT2D eigenvalue weighted by atomic mass is 9.93. The van der Waals surface area contributed by atoms with Crippen LogP contribution < -0.4 is 10.2 Å². The van der Waals surface area contributed by atoms with Crippen LogP contribution in [-0.2, 0) is 6.42 Å². The maximum absolute atomic E-state index is 9.78. The zero-order valence-corrected chi connectivity index (χ0v) is 12.2. The molecule has 1 heterocycles. The van der Waals surface area contributed by atoms with Crippen molar-refractivity contribution in [2.24, 2.45) is 5.92 Å². The van der Waals surface area contributed by atoms with Gasteiger partial charge in [-0.3, -0.25) is 5.32 Å². The summed E-state index contributed by atoms with van der Waals surface area (Å²) in [4.78, 5) is 2.40. The highest BCUT2D eigenvalue weighted by Crippen LogP contribution is 2.41. The molecule has 0 aromatic heterocycles. The Balaban J connectivity index is 1.79. The van der Waals surface area contributed by atoms with Crippen LogP contribution in [-0.4, -0.2) is 25.2 Å². The first-order chi connectivity index (χ1) is 9.79. The summed E-state index contributed by atoms with van der Waals surface area (Å²) in [5.41, 5.74) is 2.39. The first kappa shape index (κ1) is 13.5. The summed E-state index contributed by atoms with van der Waals surface area (Å²) in [6.07, 6.45) is 4.57. The maximum Gasteiger partial charge on any atom is 0.127 e. The van der Waals surface area contributed by atoms with E-state index in [4.69, 9.17) is 0 Å². The highest BCUT2D eigenvalue weighted by Gasteiger charge is 2.47. The van der Waals surface area contributed by atoms with E-state index in [2.05, 4.69) is 47.5 Å². The maximum atomic E-state index is 9.78. The second-order valence-electron chi connectivity index (χ2n) is 6.08. The average molecular weight is 269 g/mol. The minimum atomic E-state index is -0.354. The minimum absolute atomic E-state index is 0.354. The zero-order valence-electron chi connectivity index (χ0n) is 12.2. The Bertz CT molecular complexity index is 515. The molecule has 3 heteroatoms. The molecule has 0 amide bonds. The summed E-state index contributed by atoms with van der Waals surface area (Å²) in [6.45, 7) is 4.96. The van der Waals surface area contributed by atoms with Gasteiger partial charge in [-0.15, -0.1) is 0 Å². The Morgan fingerprint density at radius 3 is 2.90 bits per heavy atom. The fourth-order valence-electron chi connectivity index (χ4n) is 3.29. The van der Waals surface area contributed by atoms with E-state index in [0.29, 0.717) is 5.92 Å². The normalized spacial score (nSPS) is 20.3. The van der Waals surface area contributed by atoms with Crippen LogP contribution in [0.3, 0.4) is 0 Å². The van der Waals surface area contributed by atoms with Crippen LogP contribution in [0.15, 0.2) is 24.3 Å². The molecule has 20 heavy (non-hydrogen) atoms. The number of nitrogens with zero attached hydrogens (tertiary/aromatic N) is 2. The van der Waals surface area contributed by atoms with Crippen molar-refractivity contribution in [1.29, 1.82) is 5.26 Å². The molecule has 0 spiro atoms. The molecule has 0 bridgehead atoms. The summed E-state index contributed by atoms with van der Waals surface area (Å²) in [5, 5.41) is 13.3. The zero-order chi connectivity index (χ0) is 14.0. The smallest absolute Gasteiger partial charge is 0.127 e. The lowest BCUT2D eigenvalue weighted by molar-refractivity contribution is 0.366. The van der Waals surface area contributed by atoms with Gasteiger partial charge in [-0.1, -0.05) is 25.1 Å². The number of rotatable bonds is 6. The van der Waals surface area contributed by atoms with Crippen LogP contribution in [0.1, 0.15) is 31.7 Å². The number of anilines is 1. The summed E-state index contributed by atoms with van der Waals surface area (Å²) in [5.74, 6) is 0.534. The average Bonchev–Trinajstić information content (AvgIpc) is 3.27. The SMILES string of the molecule is CCCNC(C#N)(CN1CCc2ccccc21)C1CC1. The highest BCUT2D eigenvalue weighted by atomic mass is 15.2. The Labute approximate surface area is 121 Å². The van der Waals surface area contributed by atoms with Gasteiger partial charge in [0.2, 0.25) is 0 Å². The molecule has 1 aromatic rings. The molecule has 1 aliphatic carbocycles. The molecule has 1 unspecified atom stereocenters. The third-order valence-electron chi connectivity index (χ3n) is 4.59. The van der Waals surface area contributed by atoms with Crippen LogP contribution in [0.25, 0.3) is 0 Å². The third-order valence-corrected chi connectivity index (χ3v) is 4.59. The van der Waals surface area contributed by atoms with Crippen LogP contribution >= 0.6 is 0 Å². The molecule has 0 saturated heterocycles. The van der Waals surface area contributed by atoms with Crippen molar-refractivity contribution in [2.75, 3.05) is 24.5 Å². The van der Waals surface area contributed by atoms with E-state index in [1.165, 1.54) is 24.1 Å². The Kier molecular flexibility index (Phi) is 3.67. The molecule has 3 nitrogen and oxygen atoms in total. The Hall–Kier alpha value is -1.53. The Morgan fingerprint density at radius 1 is 1.40 bits per heavy atom. The number of nitrogens with one attached hydrogen (secondary N) is 1. The van der Waals surface area contributed by atoms with Gasteiger partial charge in [0.05, 0.1) is 6.07 Å². The molecule has 1 N–H and O–H groups in total. The molecular weight excluding hydrogens is 246 g/mol. The van der Waals surface area contributed by atoms with E-state index in [0.717, 1.165) is 32.5 Å². The molecule has 1 fully saturated rings. The number of para-hydroxylation sites is 1. The topological polar surface area (TPSA) is 39.1 Å². The van der Waals surface area contributed by atoms with Gasteiger partial charge in [0.15, 0.2) is 0 Å². The van der Waals surface area contributed by atoms with Crippen molar-refractivity contribution in [2.45, 2.75) is 38.1 Å². The van der Waals surface area contributed by atoms with Gasteiger partial charge in [-0.2, -0.15) is 5.26 Å². The van der Waals surface area contributed by atoms with Crippen molar-refractivity contribution < 1.29 is 0 Å². The van der Waals surface area contributed by atoms with Gasteiger partial charge in [0.25, 0.3) is 0 Å². The van der Waals surface area contributed by atoms with Crippen molar-refractivity contribution in [3.8, 4) is 6.07 Å². The molecule has 1 atom stereocenters. The fourth-order valence-corrected chi connectivity index (χ4v) is 3.29. The second kappa shape index (κ2) is 5.46. The predicted octanol–water partition coefficient (Wildman–Crippen LogP) is 2.72. The van der Waals surface area contributed by atoms with E-state index in [1.54, 1.807) is 0 Å². The van der Waals surface area contributed by atoms with Crippen LogP contribution in [0.4, 0.5) is 5.69 Å². The number of benzene rings is 1. The number of nitriles is 1. The summed E-state index contributed by atoms with van der Waals surface area (Å²) in [7, 11) is 0. The molecule has 3 rings (SSSR count). The minimum Gasteiger partial charge on any atom is -0.368 e. The quantitative estimate of drug-likeness (QED) is 0.863. The van der Waals surface area contributed by atoms with Gasteiger partial charge < -0.3 is 4.90 Å².